The second kappa shape index (κ2) is 6.53. The van der Waals surface area contributed by atoms with E-state index in [1.54, 1.807) is 7.11 Å². The average molecular weight is 543 g/mol. The SMILES string of the molecule is COc1ccc(I)cc1C(=O)c1cc(I)ccc1Br. The minimum atomic E-state index is -0.0410. The van der Waals surface area contributed by atoms with E-state index in [-0.39, 0.29) is 5.78 Å². The number of ether oxygens (including phenoxy) is 1. The predicted octanol–water partition coefficient (Wildman–Crippen LogP) is 4.90. The third-order valence-corrected chi connectivity index (χ3v) is 4.61. The molecule has 2 rings (SSSR count). The van der Waals surface area contributed by atoms with Gasteiger partial charge in [-0.1, -0.05) is 15.9 Å². The Morgan fingerprint density at radius 2 is 1.63 bits per heavy atom. The molecule has 2 nitrogen and oxygen atoms in total. The zero-order chi connectivity index (χ0) is 14.0. The van der Waals surface area contributed by atoms with Crippen molar-refractivity contribution in [3.63, 3.8) is 0 Å². The third kappa shape index (κ3) is 3.49. The highest BCUT2D eigenvalue weighted by atomic mass is 127. The van der Waals surface area contributed by atoms with Gasteiger partial charge >= 0.3 is 0 Å². The van der Waals surface area contributed by atoms with Crippen LogP contribution in [0.2, 0.25) is 0 Å². The van der Waals surface area contributed by atoms with E-state index in [1.165, 1.54) is 0 Å². The van der Waals surface area contributed by atoms with Crippen LogP contribution < -0.4 is 4.74 Å². The van der Waals surface area contributed by atoms with Crippen LogP contribution >= 0.6 is 61.1 Å². The normalized spacial score (nSPS) is 10.3. The van der Waals surface area contributed by atoms with Gasteiger partial charge in [-0.3, -0.25) is 4.79 Å². The summed E-state index contributed by atoms with van der Waals surface area (Å²) in [6.45, 7) is 0. The molecule has 2 aromatic carbocycles. The fourth-order valence-electron chi connectivity index (χ4n) is 1.67. The number of methoxy groups -OCH3 is 1. The summed E-state index contributed by atoms with van der Waals surface area (Å²) in [5.74, 6) is 0.553. The lowest BCUT2D eigenvalue weighted by atomic mass is 10.0. The topological polar surface area (TPSA) is 26.3 Å². The van der Waals surface area contributed by atoms with Crippen molar-refractivity contribution in [1.82, 2.24) is 0 Å². The second-order valence-electron chi connectivity index (χ2n) is 3.80. The molecule has 0 aliphatic carbocycles. The lowest BCUT2D eigenvalue weighted by molar-refractivity contribution is 0.103. The molecule has 0 atom stereocenters. The number of hydrogen-bond acceptors (Lipinski definition) is 2. The van der Waals surface area contributed by atoms with E-state index in [0.29, 0.717) is 16.9 Å². The largest absolute Gasteiger partial charge is 0.496 e. The van der Waals surface area contributed by atoms with Crippen LogP contribution in [0.4, 0.5) is 0 Å². The molecule has 0 aliphatic heterocycles. The molecular weight excluding hydrogens is 534 g/mol. The molecule has 2 aromatic rings. The van der Waals surface area contributed by atoms with Crippen LogP contribution in [0.15, 0.2) is 40.9 Å². The number of benzene rings is 2. The molecule has 0 heterocycles. The zero-order valence-electron chi connectivity index (χ0n) is 9.91. The highest BCUT2D eigenvalue weighted by Crippen LogP contribution is 2.28. The van der Waals surface area contributed by atoms with Gasteiger partial charge in [0.05, 0.1) is 12.7 Å². The summed E-state index contributed by atoms with van der Waals surface area (Å²) < 4.78 is 8.09. The summed E-state index contributed by atoms with van der Waals surface area (Å²) in [7, 11) is 1.57. The highest BCUT2D eigenvalue weighted by Gasteiger charge is 2.17. The van der Waals surface area contributed by atoms with Crippen molar-refractivity contribution in [1.29, 1.82) is 0 Å². The van der Waals surface area contributed by atoms with E-state index in [1.807, 2.05) is 36.4 Å². The van der Waals surface area contributed by atoms with Crippen molar-refractivity contribution in [2.24, 2.45) is 0 Å². The van der Waals surface area contributed by atoms with Crippen LogP contribution in [0.25, 0.3) is 0 Å². The summed E-state index contributed by atoms with van der Waals surface area (Å²) in [4.78, 5) is 12.6. The fourth-order valence-corrected chi connectivity index (χ4v) is 3.08. The quantitative estimate of drug-likeness (QED) is 0.407. The maximum absolute atomic E-state index is 12.6. The molecule has 0 radical (unpaired) electrons. The van der Waals surface area contributed by atoms with Crippen molar-refractivity contribution in [2.45, 2.75) is 0 Å². The first-order chi connectivity index (χ1) is 9.02. The number of halogens is 3. The van der Waals surface area contributed by atoms with Crippen LogP contribution in [0.5, 0.6) is 5.75 Å². The Bertz CT molecular complexity index is 641. The smallest absolute Gasteiger partial charge is 0.197 e. The first-order valence-electron chi connectivity index (χ1n) is 5.36. The summed E-state index contributed by atoms with van der Waals surface area (Å²) in [5, 5.41) is 0. The van der Waals surface area contributed by atoms with E-state index in [4.69, 9.17) is 4.74 Å². The molecule has 0 fully saturated rings. The van der Waals surface area contributed by atoms with Crippen LogP contribution in [-0.4, -0.2) is 12.9 Å². The molecule has 0 bridgehead atoms. The Hall–Kier alpha value is -0.150. The van der Waals surface area contributed by atoms with Crippen LogP contribution in [0, 0.1) is 7.14 Å². The van der Waals surface area contributed by atoms with Gasteiger partial charge in [0.2, 0.25) is 0 Å². The number of carbonyl (C=O) groups is 1. The van der Waals surface area contributed by atoms with Gasteiger partial charge in [0.1, 0.15) is 5.75 Å². The lowest BCUT2D eigenvalue weighted by Gasteiger charge is -2.09. The van der Waals surface area contributed by atoms with Gasteiger partial charge in [-0.15, -0.1) is 0 Å². The van der Waals surface area contributed by atoms with Gasteiger partial charge in [-0.2, -0.15) is 0 Å². The van der Waals surface area contributed by atoms with Crippen molar-refractivity contribution < 1.29 is 9.53 Å². The van der Waals surface area contributed by atoms with Crippen LogP contribution in [0.3, 0.4) is 0 Å². The molecule has 0 N–H and O–H groups in total. The van der Waals surface area contributed by atoms with Crippen LogP contribution in [-0.2, 0) is 0 Å². The molecule has 98 valence electrons. The zero-order valence-corrected chi connectivity index (χ0v) is 15.8. The Labute approximate surface area is 147 Å². The first-order valence-corrected chi connectivity index (χ1v) is 8.31. The molecule has 0 spiro atoms. The van der Waals surface area contributed by atoms with Gasteiger partial charge in [0.15, 0.2) is 5.78 Å². The summed E-state index contributed by atoms with van der Waals surface area (Å²) >= 11 is 7.81. The Kier molecular flexibility index (Phi) is 5.24. The number of ketones is 1. The molecule has 0 unspecified atom stereocenters. The Morgan fingerprint density at radius 1 is 1.05 bits per heavy atom. The van der Waals surface area contributed by atoms with E-state index < -0.39 is 0 Å². The molecule has 0 saturated heterocycles. The van der Waals surface area contributed by atoms with Crippen molar-refractivity contribution in [3.05, 3.63) is 59.1 Å². The van der Waals surface area contributed by atoms with Crippen LogP contribution in [0.1, 0.15) is 15.9 Å². The maximum atomic E-state index is 12.6. The van der Waals surface area contributed by atoms with Gasteiger partial charge in [-0.25, -0.2) is 0 Å². The molecule has 0 amide bonds. The van der Waals surface area contributed by atoms with Gasteiger partial charge < -0.3 is 4.74 Å². The Balaban J connectivity index is 2.55. The maximum Gasteiger partial charge on any atom is 0.197 e. The van der Waals surface area contributed by atoms with E-state index in [0.717, 1.165) is 11.6 Å². The second-order valence-corrected chi connectivity index (χ2v) is 7.14. The van der Waals surface area contributed by atoms with E-state index >= 15 is 0 Å². The minimum absolute atomic E-state index is 0.0410. The molecule has 0 aromatic heterocycles. The number of carbonyl (C=O) groups excluding carboxylic acids is 1. The predicted molar refractivity (Wildman–Crippen MR) is 96.0 cm³/mol. The van der Waals surface area contributed by atoms with E-state index in [2.05, 4.69) is 61.1 Å². The van der Waals surface area contributed by atoms with Gasteiger partial charge in [-0.05, 0) is 81.6 Å². The first kappa shape index (κ1) is 15.2. The highest BCUT2D eigenvalue weighted by molar-refractivity contribution is 14.1. The monoisotopic (exact) mass is 542 g/mol. The number of rotatable bonds is 3. The van der Waals surface area contributed by atoms with Gasteiger partial charge in [0.25, 0.3) is 0 Å². The van der Waals surface area contributed by atoms with Crippen molar-refractivity contribution >= 4 is 66.9 Å². The van der Waals surface area contributed by atoms with Gasteiger partial charge in [0, 0.05) is 17.2 Å². The fraction of sp³-hybridized carbons (Fsp3) is 0.0714. The molecule has 19 heavy (non-hydrogen) atoms. The van der Waals surface area contributed by atoms with E-state index in [9.17, 15) is 4.79 Å². The summed E-state index contributed by atoms with van der Waals surface area (Å²) in [6, 6.07) is 11.3. The molecule has 0 saturated carbocycles. The summed E-state index contributed by atoms with van der Waals surface area (Å²) in [5.41, 5.74) is 1.23. The standard InChI is InChI=1S/C14H9BrI2O2/c1-19-13-5-3-9(17)7-11(13)14(18)10-6-8(16)2-4-12(10)15/h2-7H,1H3. The molecule has 0 aliphatic rings. The summed E-state index contributed by atoms with van der Waals surface area (Å²) in [6.07, 6.45) is 0. The third-order valence-electron chi connectivity index (χ3n) is 2.58. The molecular formula is C14H9BrI2O2. The lowest BCUT2D eigenvalue weighted by Crippen LogP contribution is -2.05. The molecule has 5 heteroatoms. The number of hydrogen-bond donors (Lipinski definition) is 0. The van der Waals surface area contributed by atoms with Crippen molar-refractivity contribution in [3.8, 4) is 5.75 Å². The van der Waals surface area contributed by atoms with Crippen molar-refractivity contribution in [2.75, 3.05) is 7.11 Å². The Morgan fingerprint density at radius 3 is 2.26 bits per heavy atom. The average Bonchev–Trinajstić information content (AvgIpc) is 2.40. The minimum Gasteiger partial charge on any atom is -0.496 e.